The molecule has 0 atom stereocenters. The first-order chi connectivity index (χ1) is 10.1. The van der Waals surface area contributed by atoms with E-state index in [2.05, 4.69) is 26.2 Å². The Kier molecular flexibility index (Phi) is 3.55. The van der Waals surface area contributed by atoms with E-state index in [4.69, 9.17) is 9.84 Å². The zero-order valence-corrected chi connectivity index (χ0v) is 12.6. The number of hydrogen-bond acceptors (Lipinski definition) is 3. The first kappa shape index (κ1) is 13.9. The lowest BCUT2D eigenvalue weighted by Gasteiger charge is -2.16. The van der Waals surface area contributed by atoms with E-state index in [0.717, 1.165) is 22.9 Å². The molecule has 1 heterocycles. The van der Waals surface area contributed by atoms with Crippen LogP contribution in [-0.2, 0) is 5.54 Å². The monoisotopic (exact) mass is 348 g/mol. The Hall–Kier alpha value is -2.08. The predicted molar refractivity (Wildman–Crippen MR) is 80.5 cm³/mol. The van der Waals surface area contributed by atoms with Crippen molar-refractivity contribution in [3.63, 3.8) is 0 Å². The second-order valence-corrected chi connectivity index (χ2v) is 5.87. The van der Waals surface area contributed by atoms with Crippen molar-refractivity contribution in [2.75, 3.05) is 0 Å². The van der Waals surface area contributed by atoms with Crippen molar-refractivity contribution >= 4 is 22.0 Å². The number of aromatic nitrogens is 1. The Bertz CT molecular complexity index is 652. The Morgan fingerprint density at radius 1 is 1.24 bits per heavy atom. The first-order valence-corrected chi connectivity index (χ1v) is 7.28. The van der Waals surface area contributed by atoms with Gasteiger partial charge in [0.25, 0.3) is 0 Å². The highest BCUT2D eigenvalue weighted by Gasteiger charge is 2.45. The number of benzene rings is 1. The van der Waals surface area contributed by atoms with Crippen LogP contribution in [0, 0.1) is 0 Å². The number of hydrogen-bond donors (Lipinski definition) is 2. The lowest BCUT2D eigenvalue weighted by atomic mass is 10.1. The van der Waals surface area contributed by atoms with Crippen LogP contribution in [0.4, 0.5) is 4.79 Å². The minimum Gasteiger partial charge on any atom is -0.465 e. The van der Waals surface area contributed by atoms with Gasteiger partial charge in [-0.05, 0) is 52.5 Å². The van der Waals surface area contributed by atoms with Crippen molar-refractivity contribution in [3.05, 3.63) is 52.6 Å². The number of ether oxygens (including phenoxy) is 1. The fraction of sp³-hybridized carbons (Fsp3) is 0.200. The average molecular weight is 349 g/mol. The fourth-order valence-corrected chi connectivity index (χ4v) is 2.44. The smallest absolute Gasteiger partial charge is 0.405 e. The summed E-state index contributed by atoms with van der Waals surface area (Å²) in [5.74, 6) is 1.18. The molecule has 1 aliphatic rings. The third-order valence-corrected chi connectivity index (χ3v) is 3.89. The lowest BCUT2D eigenvalue weighted by molar-refractivity contribution is 0.188. The van der Waals surface area contributed by atoms with E-state index in [1.807, 2.05) is 30.3 Å². The number of carboxylic acid groups (broad SMARTS) is 1. The largest absolute Gasteiger partial charge is 0.465 e. The van der Waals surface area contributed by atoms with Gasteiger partial charge in [-0.2, -0.15) is 0 Å². The third kappa shape index (κ3) is 3.16. The third-order valence-electron chi connectivity index (χ3n) is 3.43. The molecule has 1 aliphatic carbocycles. The number of halogens is 1. The van der Waals surface area contributed by atoms with Gasteiger partial charge in [-0.1, -0.05) is 12.1 Å². The average Bonchev–Trinajstić information content (AvgIpc) is 3.22. The summed E-state index contributed by atoms with van der Waals surface area (Å²) in [6.07, 6.45) is 2.33. The van der Waals surface area contributed by atoms with Crippen LogP contribution < -0.4 is 10.1 Å². The highest BCUT2D eigenvalue weighted by Crippen LogP contribution is 2.45. The Morgan fingerprint density at radius 3 is 2.48 bits per heavy atom. The molecule has 2 N–H and O–H groups in total. The molecule has 108 valence electrons. The second-order valence-electron chi connectivity index (χ2n) is 4.95. The molecular weight excluding hydrogens is 336 g/mol. The maximum Gasteiger partial charge on any atom is 0.405 e. The molecule has 0 bridgehead atoms. The van der Waals surface area contributed by atoms with Gasteiger partial charge in [-0.25, -0.2) is 9.78 Å². The molecule has 1 aromatic heterocycles. The molecule has 21 heavy (non-hydrogen) atoms. The number of nitrogens with one attached hydrogen (secondary N) is 1. The lowest BCUT2D eigenvalue weighted by Crippen LogP contribution is -2.33. The molecule has 0 radical (unpaired) electrons. The van der Waals surface area contributed by atoms with Gasteiger partial charge in [-0.15, -0.1) is 0 Å². The van der Waals surface area contributed by atoms with Crippen LogP contribution in [0.3, 0.4) is 0 Å². The van der Waals surface area contributed by atoms with E-state index >= 15 is 0 Å². The summed E-state index contributed by atoms with van der Waals surface area (Å²) < 4.78 is 6.52. The van der Waals surface area contributed by atoms with Crippen molar-refractivity contribution in [1.82, 2.24) is 10.3 Å². The number of pyridine rings is 1. The van der Waals surface area contributed by atoms with E-state index in [-0.39, 0.29) is 0 Å². The minimum atomic E-state index is -0.994. The van der Waals surface area contributed by atoms with Crippen molar-refractivity contribution in [2.24, 2.45) is 0 Å². The highest BCUT2D eigenvalue weighted by molar-refractivity contribution is 9.10. The Balaban J connectivity index is 1.72. The molecular formula is C15H13BrN2O3. The maximum atomic E-state index is 10.8. The molecule has 0 saturated heterocycles. The summed E-state index contributed by atoms with van der Waals surface area (Å²) in [4.78, 5) is 15.0. The molecule has 3 rings (SSSR count). The zero-order valence-electron chi connectivity index (χ0n) is 11.0. The molecule has 0 unspecified atom stereocenters. The van der Waals surface area contributed by atoms with Gasteiger partial charge in [0.05, 0.1) is 5.54 Å². The molecule has 1 saturated carbocycles. The number of rotatable bonds is 4. The number of carbonyl (C=O) groups is 1. The van der Waals surface area contributed by atoms with Gasteiger partial charge in [0, 0.05) is 16.7 Å². The Morgan fingerprint density at radius 2 is 1.95 bits per heavy atom. The molecule has 6 heteroatoms. The van der Waals surface area contributed by atoms with Crippen molar-refractivity contribution < 1.29 is 14.6 Å². The van der Waals surface area contributed by atoms with E-state index in [1.54, 1.807) is 12.3 Å². The summed E-state index contributed by atoms with van der Waals surface area (Å²) in [7, 11) is 0. The molecule has 0 aliphatic heterocycles. The Labute approximate surface area is 130 Å². The van der Waals surface area contributed by atoms with Gasteiger partial charge in [0.15, 0.2) is 0 Å². The van der Waals surface area contributed by atoms with Crippen molar-refractivity contribution in [3.8, 4) is 11.6 Å². The summed E-state index contributed by atoms with van der Waals surface area (Å²) in [6, 6.07) is 11.0. The van der Waals surface area contributed by atoms with Crippen LogP contribution in [0.15, 0.2) is 47.1 Å². The van der Waals surface area contributed by atoms with E-state index in [1.165, 1.54) is 0 Å². The zero-order chi connectivity index (χ0) is 14.9. The van der Waals surface area contributed by atoms with Crippen LogP contribution in [0.2, 0.25) is 0 Å². The molecule has 1 aromatic carbocycles. The van der Waals surface area contributed by atoms with Gasteiger partial charge in [0.1, 0.15) is 5.75 Å². The van der Waals surface area contributed by atoms with Gasteiger partial charge < -0.3 is 15.2 Å². The summed E-state index contributed by atoms with van der Waals surface area (Å²) in [5.41, 5.74) is 0.543. The summed E-state index contributed by atoms with van der Waals surface area (Å²) >= 11 is 3.32. The predicted octanol–water partition coefficient (Wildman–Crippen LogP) is 3.89. The maximum absolute atomic E-state index is 10.8. The van der Waals surface area contributed by atoms with E-state index < -0.39 is 11.6 Å². The fourth-order valence-electron chi connectivity index (χ4n) is 2.20. The first-order valence-electron chi connectivity index (χ1n) is 6.48. The van der Waals surface area contributed by atoms with Crippen LogP contribution >= 0.6 is 15.9 Å². The second kappa shape index (κ2) is 5.37. The van der Waals surface area contributed by atoms with Crippen molar-refractivity contribution in [1.29, 1.82) is 0 Å². The number of nitrogens with zero attached hydrogens (tertiary/aromatic N) is 1. The molecule has 0 spiro atoms. The highest BCUT2D eigenvalue weighted by atomic mass is 79.9. The molecule has 1 amide bonds. The van der Waals surface area contributed by atoms with Crippen LogP contribution in [0.1, 0.15) is 18.4 Å². The van der Waals surface area contributed by atoms with E-state index in [0.29, 0.717) is 11.6 Å². The standard InChI is InChI=1S/C15H13BrN2O3/c16-11-3-6-13(17-9-11)21-12-4-1-10(2-5-12)15(7-8-15)18-14(19)20/h1-6,9,18H,7-8H2,(H,19,20). The topological polar surface area (TPSA) is 71.5 Å². The normalized spacial score (nSPS) is 15.3. The molecule has 1 fully saturated rings. The van der Waals surface area contributed by atoms with Gasteiger partial charge in [-0.3, -0.25) is 0 Å². The van der Waals surface area contributed by atoms with E-state index in [9.17, 15) is 4.79 Å². The van der Waals surface area contributed by atoms with Crippen LogP contribution in [0.5, 0.6) is 11.6 Å². The van der Waals surface area contributed by atoms with Gasteiger partial charge >= 0.3 is 6.09 Å². The summed E-state index contributed by atoms with van der Waals surface area (Å²) in [6.45, 7) is 0. The quantitative estimate of drug-likeness (QED) is 0.878. The molecule has 5 nitrogen and oxygen atoms in total. The SMILES string of the molecule is O=C(O)NC1(c2ccc(Oc3ccc(Br)cn3)cc2)CC1. The van der Waals surface area contributed by atoms with Crippen LogP contribution in [-0.4, -0.2) is 16.2 Å². The van der Waals surface area contributed by atoms with Crippen LogP contribution in [0.25, 0.3) is 0 Å². The molecule has 2 aromatic rings. The minimum absolute atomic E-state index is 0.416. The number of amides is 1. The van der Waals surface area contributed by atoms with Crippen molar-refractivity contribution in [2.45, 2.75) is 18.4 Å². The summed E-state index contributed by atoms with van der Waals surface area (Å²) in [5, 5.41) is 11.5. The van der Waals surface area contributed by atoms with Gasteiger partial charge in [0.2, 0.25) is 5.88 Å².